The molecule has 1 amide bonds. The summed E-state index contributed by atoms with van der Waals surface area (Å²) < 4.78 is 23.9. The topological polar surface area (TPSA) is 108 Å². The van der Waals surface area contributed by atoms with Crippen LogP contribution >= 0.6 is 0 Å². The van der Waals surface area contributed by atoms with Crippen molar-refractivity contribution in [1.82, 2.24) is 10.3 Å². The lowest BCUT2D eigenvalue weighted by Crippen LogP contribution is -2.40. The highest BCUT2D eigenvalue weighted by molar-refractivity contribution is 6.04. The summed E-state index contributed by atoms with van der Waals surface area (Å²) in [5, 5.41) is 7.01. The first-order valence-corrected chi connectivity index (χ1v) is 16.3. The van der Waals surface area contributed by atoms with Crippen molar-refractivity contribution < 1.29 is 28.5 Å². The molecule has 1 heterocycles. The van der Waals surface area contributed by atoms with Gasteiger partial charge in [-0.15, -0.1) is 0 Å². The molecule has 0 unspecified atom stereocenters. The highest BCUT2D eigenvalue weighted by Gasteiger charge is 2.26. The lowest BCUT2D eigenvalue weighted by atomic mass is 10.1. The molecule has 246 valence electrons. The van der Waals surface area contributed by atoms with Gasteiger partial charge in [-0.25, -0.2) is 0 Å². The van der Waals surface area contributed by atoms with Crippen LogP contribution in [0, 0.1) is 0 Å². The van der Waals surface area contributed by atoms with E-state index < -0.39 is 6.04 Å². The molecule has 9 nitrogen and oxygen atoms in total. The van der Waals surface area contributed by atoms with Gasteiger partial charge in [0.05, 0.1) is 19.2 Å². The molecule has 2 N–H and O–H groups in total. The van der Waals surface area contributed by atoms with Crippen LogP contribution in [0.25, 0.3) is 10.9 Å². The number of rotatable bonds is 14. The molecule has 4 aromatic carbocycles. The molecule has 1 fully saturated rings. The van der Waals surface area contributed by atoms with Crippen LogP contribution in [0.1, 0.15) is 48.0 Å². The van der Waals surface area contributed by atoms with E-state index in [1.807, 2.05) is 60.7 Å². The molecule has 0 radical (unpaired) electrons. The summed E-state index contributed by atoms with van der Waals surface area (Å²) in [6.07, 6.45) is 6.08. The van der Waals surface area contributed by atoms with E-state index in [1.165, 1.54) is 0 Å². The predicted octanol–water partition coefficient (Wildman–Crippen LogP) is 7.70. The van der Waals surface area contributed by atoms with Gasteiger partial charge in [-0.3, -0.25) is 14.6 Å². The van der Waals surface area contributed by atoms with Crippen LogP contribution in [-0.4, -0.2) is 42.7 Å². The summed E-state index contributed by atoms with van der Waals surface area (Å²) in [6.45, 7) is 0.805. The van der Waals surface area contributed by atoms with Crippen molar-refractivity contribution in [3.05, 3.63) is 120 Å². The van der Waals surface area contributed by atoms with Gasteiger partial charge in [-0.05, 0) is 79.8 Å². The molecule has 0 spiro atoms. The van der Waals surface area contributed by atoms with Gasteiger partial charge in [-0.1, -0.05) is 48.5 Å². The van der Waals surface area contributed by atoms with Crippen molar-refractivity contribution in [1.29, 1.82) is 0 Å². The van der Waals surface area contributed by atoms with E-state index in [0.717, 1.165) is 36.6 Å². The number of ether oxygens (including phenoxy) is 4. The Balaban J connectivity index is 1.11. The van der Waals surface area contributed by atoms with Gasteiger partial charge < -0.3 is 29.6 Å². The van der Waals surface area contributed by atoms with E-state index in [-0.39, 0.29) is 24.6 Å². The standard InChI is InChI=1S/C39H39N3O6/c1-45-36-24-32-34(40-22-20-35(32)47-31-18-16-29(17-19-31)42-38(43)28-12-6-3-7-13-28)25-37(36)46-23-21-33(39(44)48-30-14-8-9-15-30)41-26-27-10-4-2-5-11-27/h2-7,10-13,16-20,22,24-25,30,33,41H,8-9,14-15,21,23,26H2,1H3,(H,42,43)/t33-/m0/s1. The number of pyridine rings is 1. The van der Waals surface area contributed by atoms with Crippen LogP contribution in [0.15, 0.2) is 109 Å². The number of nitrogens with zero attached hydrogens (tertiary/aromatic N) is 1. The summed E-state index contributed by atoms with van der Waals surface area (Å²) in [5.74, 6) is 1.78. The molecule has 6 rings (SSSR count). The van der Waals surface area contributed by atoms with Crippen LogP contribution in [0.4, 0.5) is 5.69 Å². The minimum Gasteiger partial charge on any atom is -0.493 e. The third-order valence-corrected chi connectivity index (χ3v) is 8.29. The summed E-state index contributed by atoms with van der Waals surface area (Å²) in [4.78, 5) is 30.2. The zero-order valence-corrected chi connectivity index (χ0v) is 26.9. The number of carbonyl (C=O) groups is 2. The Morgan fingerprint density at radius 2 is 1.58 bits per heavy atom. The van der Waals surface area contributed by atoms with Crippen LogP contribution in [-0.2, 0) is 16.1 Å². The molecule has 1 aliphatic carbocycles. The summed E-state index contributed by atoms with van der Waals surface area (Å²) in [5.41, 5.74) is 2.99. The molecule has 1 aromatic heterocycles. The smallest absolute Gasteiger partial charge is 0.323 e. The Kier molecular flexibility index (Phi) is 10.8. The van der Waals surface area contributed by atoms with Crippen LogP contribution in [0.3, 0.4) is 0 Å². The molecule has 9 heteroatoms. The van der Waals surface area contributed by atoms with Gasteiger partial charge >= 0.3 is 5.97 Å². The average molecular weight is 646 g/mol. The molecule has 5 aromatic rings. The maximum absolute atomic E-state index is 13.2. The van der Waals surface area contributed by atoms with E-state index in [9.17, 15) is 9.59 Å². The van der Waals surface area contributed by atoms with Gasteiger partial charge in [0.15, 0.2) is 11.5 Å². The Bertz CT molecular complexity index is 1810. The third kappa shape index (κ3) is 8.49. The first-order valence-electron chi connectivity index (χ1n) is 16.3. The fourth-order valence-corrected chi connectivity index (χ4v) is 5.70. The first kappa shape index (κ1) is 32.5. The van der Waals surface area contributed by atoms with Crippen molar-refractivity contribution in [3.63, 3.8) is 0 Å². The minimum atomic E-state index is -0.520. The van der Waals surface area contributed by atoms with Crippen LogP contribution in [0.5, 0.6) is 23.0 Å². The second-order valence-corrected chi connectivity index (χ2v) is 11.7. The molecule has 0 saturated heterocycles. The average Bonchev–Trinajstić information content (AvgIpc) is 3.64. The monoisotopic (exact) mass is 645 g/mol. The normalized spacial score (nSPS) is 13.5. The first-order chi connectivity index (χ1) is 23.6. The quantitative estimate of drug-likeness (QED) is 0.118. The highest BCUT2D eigenvalue weighted by Crippen LogP contribution is 2.37. The molecule has 48 heavy (non-hydrogen) atoms. The molecule has 1 aliphatic rings. The number of esters is 1. The number of nitrogens with one attached hydrogen (secondary N) is 2. The number of anilines is 1. The van der Waals surface area contributed by atoms with Gasteiger partial charge in [0, 0.05) is 41.9 Å². The Labute approximate surface area is 280 Å². The SMILES string of the molecule is COc1cc2c(Oc3ccc(NC(=O)c4ccccc4)cc3)ccnc2cc1OCC[C@H](NCc1ccccc1)C(=O)OC1CCCC1. The van der Waals surface area contributed by atoms with Crippen molar-refractivity contribution >= 4 is 28.5 Å². The van der Waals surface area contributed by atoms with Gasteiger partial charge in [0.2, 0.25) is 0 Å². The number of methoxy groups -OCH3 is 1. The van der Waals surface area contributed by atoms with Gasteiger partial charge in [0.25, 0.3) is 5.91 Å². The molecule has 1 saturated carbocycles. The van der Waals surface area contributed by atoms with E-state index in [0.29, 0.717) is 52.7 Å². The maximum Gasteiger partial charge on any atom is 0.323 e. The van der Waals surface area contributed by atoms with Gasteiger partial charge in [0.1, 0.15) is 23.6 Å². The lowest BCUT2D eigenvalue weighted by Gasteiger charge is -2.21. The molecule has 1 atom stereocenters. The Hall–Kier alpha value is -5.41. The van der Waals surface area contributed by atoms with E-state index in [2.05, 4.69) is 15.6 Å². The molecular formula is C39H39N3O6. The summed E-state index contributed by atoms with van der Waals surface area (Å²) in [7, 11) is 1.58. The van der Waals surface area contributed by atoms with E-state index in [4.69, 9.17) is 18.9 Å². The zero-order chi connectivity index (χ0) is 33.1. The largest absolute Gasteiger partial charge is 0.493 e. The minimum absolute atomic E-state index is 0.0130. The Morgan fingerprint density at radius 1 is 0.854 bits per heavy atom. The zero-order valence-electron chi connectivity index (χ0n) is 26.9. The fourth-order valence-electron chi connectivity index (χ4n) is 5.70. The van der Waals surface area contributed by atoms with E-state index >= 15 is 0 Å². The highest BCUT2D eigenvalue weighted by atomic mass is 16.5. The van der Waals surface area contributed by atoms with E-state index in [1.54, 1.807) is 55.8 Å². The molecular weight excluding hydrogens is 606 g/mol. The lowest BCUT2D eigenvalue weighted by molar-refractivity contribution is -0.151. The number of hydrogen-bond acceptors (Lipinski definition) is 8. The molecule has 0 aliphatic heterocycles. The van der Waals surface area contributed by atoms with Crippen molar-refractivity contribution in [2.75, 3.05) is 19.0 Å². The second-order valence-electron chi connectivity index (χ2n) is 11.7. The summed E-state index contributed by atoms with van der Waals surface area (Å²) in [6, 6.07) is 31.1. The summed E-state index contributed by atoms with van der Waals surface area (Å²) >= 11 is 0. The predicted molar refractivity (Wildman–Crippen MR) is 185 cm³/mol. The van der Waals surface area contributed by atoms with Crippen molar-refractivity contribution in [3.8, 4) is 23.0 Å². The second kappa shape index (κ2) is 15.9. The number of amides is 1. The van der Waals surface area contributed by atoms with Crippen molar-refractivity contribution in [2.45, 2.75) is 50.8 Å². The number of carbonyl (C=O) groups excluding carboxylic acids is 2. The van der Waals surface area contributed by atoms with Gasteiger partial charge in [-0.2, -0.15) is 0 Å². The number of aromatic nitrogens is 1. The number of fused-ring (bicyclic) bond motifs is 1. The van der Waals surface area contributed by atoms with Crippen LogP contribution in [0.2, 0.25) is 0 Å². The van der Waals surface area contributed by atoms with Crippen molar-refractivity contribution in [2.24, 2.45) is 0 Å². The Morgan fingerprint density at radius 3 is 2.31 bits per heavy atom. The molecule has 0 bridgehead atoms. The van der Waals surface area contributed by atoms with Crippen LogP contribution < -0.4 is 24.8 Å². The fraction of sp³-hybridized carbons (Fsp3) is 0.256. The third-order valence-electron chi connectivity index (χ3n) is 8.29. The number of benzene rings is 4. The maximum atomic E-state index is 13.2. The number of hydrogen-bond donors (Lipinski definition) is 2.